The number of benzene rings is 2. The fourth-order valence-corrected chi connectivity index (χ4v) is 4.24. The van der Waals surface area contributed by atoms with Gasteiger partial charge in [-0.3, -0.25) is 0 Å². The third-order valence-corrected chi connectivity index (χ3v) is 6.37. The number of rotatable bonds is 2. The Hall–Kier alpha value is -1.13. The average molecular weight is 211 g/mol. The van der Waals surface area contributed by atoms with Crippen LogP contribution in [0.4, 0.5) is 0 Å². The largest absolute Gasteiger partial charge is 0.0871 e. The normalized spacial score (nSPS) is 10.4. The van der Waals surface area contributed by atoms with E-state index in [0.717, 1.165) is 0 Å². The van der Waals surface area contributed by atoms with E-state index in [2.05, 4.69) is 70.4 Å². The van der Waals surface area contributed by atoms with Crippen LogP contribution < -0.4 is 10.4 Å². The smallest absolute Gasteiger partial charge is 0.0632 e. The summed E-state index contributed by atoms with van der Waals surface area (Å²) >= 11 is 0. The summed E-state index contributed by atoms with van der Waals surface area (Å²) in [5, 5.41) is 2.85. The quantitative estimate of drug-likeness (QED) is 0.641. The van der Waals surface area contributed by atoms with Crippen molar-refractivity contribution in [2.45, 2.75) is 0 Å². The van der Waals surface area contributed by atoms with Crippen molar-refractivity contribution in [2.24, 2.45) is 0 Å². The monoisotopic (exact) mass is 211 g/mol. The van der Waals surface area contributed by atoms with Crippen molar-refractivity contribution in [3.05, 3.63) is 60.7 Å². The lowest BCUT2D eigenvalue weighted by Gasteiger charge is -2.09. The van der Waals surface area contributed by atoms with Crippen LogP contribution in [0.25, 0.3) is 0 Å². The van der Waals surface area contributed by atoms with E-state index in [1.54, 1.807) is 0 Å². The fourth-order valence-electron chi connectivity index (χ4n) is 1.48. The van der Waals surface area contributed by atoms with Crippen LogP contribution >= 0.6 is 0 Å². The molecule has 0 heterocycles. The van der Waals surface area contributed by atoms with Crippen molar-refractivity contribution < 1.29 is 0 Å². The van der Waals surface area contributed by atoms with Gasteiger partial charge in [0.25, 0.3) is 0 Å². The molecule has 67 valence electrons. The Kier molecular flexibility index (Phi) is 2.96. The second kappa shape index (κ2) is 4.39. The molecule has 2 aromatic rings. The first-order valence-corrected chi connectivity index (χ1v) is 8.15. The molecule has 0 nitrogen and oxygen atoms in total. The van der Waals surface area contributed by atoms with Gasteiger partial charge < -0.3 is 0 Å². The molecule has 3 radical (unpaired) electrons. The van der Waals surface area contributed by atoms with Crippen LogP contribution in [-0.4, -0.2) is 18.1 Å². The van der Waals surface area contributed by atoms with E-state index in [1.807, 2.05) is 0 Å². The van der Waals surface area contributed by atoms with Crippen LogP contribution in [0.2, 0.25) is 0 Å². The molecule has 2 rings (SSSR count). The van der Waals surface area contributed by atoms with Crippen LogP contribution in [0.1, 0.15) is 0 Å². The maximum absolute atomic E-state index is 3.89. The van der Waals surface area contributed by atoms with E-state index in [0.29, 0.717) is 0 Å². The Labute approximate surface area is 89.4 Å². The van der Waals surface area contributed by atoms with E-state index >= 15 is 0 Å². The zero-order valence-electron chi connectivity index (χ0n) is 7.85. The van der Waals surface area contributed by atoms with Gasteiger partial charge in [-0.15, -0.1) is 0 Å². The van der Waals surface area contributed by atoms with Crippen LogP contribution in [0.5, 0.6) is 0 Å². The number of hydrogen-bond donors (Lipinski definition) is 0. The highest BCUT2D eigenvalue weighted by Crippen LogP contribution is 1.89. The summed E-state index contributed by atoms with van der Waals surface area (Å²) in [5.41, 5.74) is 0. The molecule has 0 amide bonds. The van der Waals surface area contributed by atoms with Crippen molar-refractivity contribution in [3.63, 3.8) is 0 Å². The van der Waals surface area contributed by atoms with Crippen LogP contribution in [0.3, 0.4) is 0 Å². The van der Waals surface area contributed by atoms with Gasteiger partial charge in [-0.05, 0) is 0 Å². The zero-order chi connectivity index (χ0) is 9.80. The van der Waals surface area contributed by atoms with Crippen LogP contribution in [0.15, 0.2) is 60.7 Å². The Morgan fingerprint density at radius 2 is 1.00 bits per heavy atom. The van der Waals surface area contributed by atoms with E-state index in [-0.39, 0.29) is 0 Å². The summed E-state index contributed by atoms with van der Waals surface area (Å²) in [6, 6.07) is 21.3. The van der Waals surface area contributed by atoms with Crippen molar-refractivity contribution in [1.82, 2.24) is 0 Å². The maximum Gasteiger partial charge on any atom is 0.0871 e. The second-order valence-corrected chi connectivity index (χ2v) is 7.19. The van der Waals surface area contributed by atoms with Gasteiger partial charge in [-0.1, -0.05) is 71.0 Å². The Balaban J connectivity index is 2.30. The van der Waals surface area contributed by atoms with E-state index < -0.39 is 8.31 Å². The van der Waals surface area contributed by atoms with E-state index in [1.165, 1.54) is 10.4 Å². The van der Waals surface area contributed by atoms with Gasteiger partial charge >= 0.3 is 0 Å². The van der Waals surface area contributed by atoms with E-state index in [9.17, 15) is 0 Å². The minimum Gasteiger partial charge on any atom is -0.0632 e. The number of hydrogen-bond acceptors (Lipinski definition) is 0. The zero-order valence-corrected chi connectivity index (χ0v) is 10.0. The Morgan fingerprint density at radius 3 is 1.36 bits per heavy atom. The van der Waals surface area contributed by atoms with Crippen molar-refractivity contribution in [1.29, 1.82) is 0 Å². The minimum atomic E-state index is -1.11. The lowest BCUT2D eigenvalue weighted by molar-refractivity contribution is 1.74. The lowest BCUT2D eigenvalue weighted by Crippen LogP contribution is -2.42. The van der Waals surface area contributed by atoms with Gasteiger partial charge in [0.1, 0.15) is 0 Å². The summed E-state index contributed by atoms with van der Waals surface area (Å²) in [5.74, 6) is 0. The van der Waals surface area contributed by atoms with Gasteiger partial charge in [0.2, 0.25) is 0 Å². The molecule has 0 N–H and O–H groups in total. The molecule has 0 aliphatic rings. The fraction of sp³-hybridized carbons (Fsp3) is 0. The van der Waals surface area contributed by atoms with Crippen molar-refractivity contribution in [2.75, 3.05) is 0 Å². The van der Waals surface area contributed by atoms with Gasteiger partial charge in [0.05, 0.1) is 8.31 Å². The summed E-state index contributed by atoms with van der Waals surface area (Å²) in [4.78, 5) is 0. The maximum atomic E-state index is 3.89. The lowest BCUT2D eigenvalue weighted by atomic mass is 10.4. The summed E-state index contributed by atoms with van der Waals surface area (Å²) < 4.78 is 0. The first kappa shape index (κ1) is 9.43. The topological polar surface area (TPSA) is 0 Å². The minimum absolute atomic E-state index is 1.11. The molecule has 2 aromatic carbocycles. The Bertz CT molecular complexity index is 344. The Morgan fingerprint density at radius 1 is 0.643 bits per heavy atom. The molecule has 0 aliphatic carbocycles. The first-order valence-electron chi connectivity index (χ1n) is 4.69. The highest BCUT2D eigenvalue weighted by atomic mass is 29.1. The average Bonchev–Trinajstić information content (AvgIpc) is 2.30. The molecule has 0 bridgehead atoms. The van der Waals surface area contributed by atoms with Crippen LogP contribution in [0, 0.1) is 0 Å². The summed E-state index contributed by atoms with van der Waals surface area (Å²) in [6.45, 7) is 0. The molecule has 0 spiro atoms. The molecule has 0 aromatic heterocycles. The molecule has 0 saturated carbocycles. The van der Waals surface area contributed by atoms with Crippen molar-refractivity contribution >= 4 is 28.4 Å². The standard InChI is InChI=1S/C12H11Si2/c13-14(11-7-3-1-4-8-11)12-9-5-2-6-10-12/h1-10,14H. The summed E-state index contributed by atoms with van der Waals surface area (Å²) in [6.07, 6.45) is 0. The molecule has 0 fully saturated rings. The summed E-state index contributed by atoms with van der Waals surface area (Å²) in [7, 11) is 2.77. The van der Waals surface area contributed by atoms with Crippen LogP contribution in [-0.2, 0) is 0 Å². The third kappa shape index (κ3) is 2.03. The predicted molar refractivity (Wildman–Crippen MR) is 65.1 cm³/mol. The first-order chi connectivity index (χ1) is 6.88. The molecule has 0 atom stereocenters. The predicted octanol–water partition coefficient (Wildman–Crippen LogP) is 0.693. The third-order valence-electron chi connectivity index (χ3n) is 2.27. The van der Waals surface area contributed by atoms with Gasteiger partial charge in [0, 0.05) is 9.76 Å². The van der Waals surface area contributed by atoms with Gasteiger partial charge in [-0.2, -0.15) is 0 Å². The highest BCUT2D eigenvalue weighted by molar-refractivity contribution is 7.18. The van der Waals surface area contributed by atoms with Gasteiger partial charge in [-0.25, -0.2) is 0 Å². The second-order valence-electron chi connectivity index (χ2n) is 3.25. The molecular weight excluding hydrogens is 200 g/mol. The molecular formula is C12H11Si2. The molecule has 0 aliphatic heterocycles. The highest BCUT2D eigenvalue weighted by Gasteiger charge is 2.07. The molecule has 14 heavy (non-hydrogen) atoms. The SMILES string of the molecule is [Si][SiH](c1ccccc1)c1ccccc1. The molecule has 2 heteroatoms. The van der Waals surface area contributed by atoms with Gasteiger partial charge in [0.15, 0.2) is 0 Å². The van der Waals surface area contributed by atoms with Crippen molar-refractivity contribution in [3.8, 4) is 0 Å². The van der Waals surface area contributed by atoms with E-state index in [4.69, 9.17) is 0 Å². The molecule has 0 saturated heterocycles. The molecule has 0 unspecified atom stereocenters.